The predicted molar refractivity (Wildman–Crippen MR) is 148 cm³/mol. The Bertz CT molecular complexity index is 1340. The number of para-hydroxylation sites is 1. The molecule has 0 spiro atoms. The highest BCUT2D eigenvalue weighted by Gasteiger charge is 2.59. The zero-order valence-corrected chi connectivity index (χ0v) is 23.1. The first-order valence-electron chi connectivity index (χ1n) is 14.6. The predicted octanol–water partition coefficient (Wildman–Crippen LogP) is 7.61. The van der Waals surface area contributed by atoms with Crippen molar-refractivity contribution in [2.45, 2.75) is 77.6 Å². The van der Waals surface area contributed by atoms with Gasteiger partial charge in [0.05, 0.1) is 11.3 Å². The molecule has 3 fully saturated rings. The molecule has 7 heteroatoms. The number of fused-ring (bicyclic) bond motifs is 5. The van der Waals surface area contributed by atoms with E-state index < -0.39 is 29.0 Å². The first kappa shape index (κ1) is 27.1. The molecule has 2 amide bonds. The molecule has 0 saturated heterocycles. The average Bonchev–Trinajstić information content (AvgIpc) is 3.32. The van der Waals surface area contributed by atoms with Gasteiger partial charge in [-0.1, -0.05) is 68.8 Å². The summed E-state index contributed by atoms with van der Waals surface area (Å²) in [5.74, 6) is 0.310. The molecule has 0 bridgehead atoms. The van der Waals surface area contributed by atoms with Crippen LogP contribution in [0.1, 0.15) is 69.9 Å². The summed E-state index contributed by atoms with van der Waals surface area (Å²) in [7, 11) is 0. The van der Waals surface area contributed by atoms with E-state index in [0.717, 1.165) is 37.3 Å². The zero-order chi connectivity index (χ0) is 28.3. The highest BCUT2D eigenvalue weighted by atomic mass is 19.4. The maximum absolute atomic E-state index is 14.0. The van der Waals surface area contributed by atoms with Gasteiger partial charge in [0.1, 0.15) is 5.57 Å². The summed E-state index contributed by atoms with van der Waals surface area (Å²) in [6, 6.07) is 14.6. The molecular formula is C33H37F3N2O2. The minimum absolute atomic E-state index is 0.0490. The first-order valence-corrected chi connectivity index (χ1v) is 14.6. The molecule has 3 aliphatic carbocycles. The Balaban J connectivity index is 1.39. The fraction of sp³-hybridized carbons (Fsp3) is 0.515. The summed E-state index contributed by atoms with van der Waals surface area (Å²) in [4.78, 5) is 29.5. The van der Waals surface area contributed by atoms with Gasteiger partial charge in [0.25, 0.3) is 11.8 Å². The lowest BCUT2D eigenvalue weighted by atomic mass is 9.48. The van der Waals surface area contributed by atoms with Gasteiger partial charge in [-0.05, 0) is 79.4 Å². The SMILES string of the molecule is C[C@@]12CCC[C@H]1[C@@H]1CCC3N(Cc4ccccc4)C(=O)C(C(=O)Nc4ccccc4C(F)(F)F)=C[C@]3(C)[C@@H]1CC2. The lowest BCUT2D eigenvalue weighted by Crippen LogP contribution is -2.61. The number of rotatable bonds is 4. The minimum atomic E-state index is -4.63. The monoisotopic (exact) mass is 550 g/mol. The Morgan fingerprint density at radius 1 is 0.950 bits per heavy atom. The number of halogens is 3. The molecule has 1 heterocycles. The maximum atomic E-state index is 14.0. The van der Waals surface area contributed by atoms with Gasteiger partial charge in [0, 0.05) is 18.0 Å². The van der Waals surface area contributed by atoms with Gasteiger partial charge >= 0.3 is 6.18 Å². The van der Waals surface area contributed by atoms with Gasteiger partial charge in [-0.3, -0.25) is 9.59 Å². The minimum Gasteiger partial charge on any atom is -0.330 e. The van der Waals surface area contributed by atoms with E-state index >= 15 is 0 Å². The quantitative estimate of drug-likeness (QED) is 0.398. The van der Waals surface area contributed by atoms with Crippen LogP contribution >= 0.6 is 0 Å². The normalized spacial score (nSPS) is 33.5. The third-order valence-electron chi connectivity index (χ3n) is 10.8. The summed E-state index contributed by atoms with van der Waals surface area (Å²) in [5.41, 5.74) is -0.418. The van der Waals surface area contributed by atoms with Gasteiger partial charge in [0.2, 0.25) is 0 Å². The topological polar surface area (TPSA) is 49.4 Å². The molecular weight excluding hydrogens is 513 g/mol. The van der Waals surface area contributed by atoms with Gasteiger partial charge in [-0.15, -0.1) is 0 Å². The summed E-state index contributed by atoms with van der Waals surface area (Å²) < 4.78 is 41.1. The number of hydrogen-bond donors (Lipinski definition) is 1. The summed E-state index contributed by atoms with van der Waals surface area (Å²) in [5, 5.41) is 2.45. The van der Waals surface area contributed by atoms with E-state index in [4.69, 9.17) is 0 Å². The average molecular weight is 551 g/mol. The summed E-state index contributed by atoms with van der Waals surface area (Å²) >= 11 is 0. The molecule has 6 rings (SSSR count). The molecule has 212 valence electrons. The molecule has 4 nitrogen and oxygen atoms in total. The van der Waals surface area contributed by atoms with Gasteiger partial charge in [-0.25, -0.2) is 0 Å². The third-order valence-corrected chi connectivity index (χ3v) is 10.8. The van der Waals surface area contributed by atoms with Crippen LogP contribution < -0.4 is 5.32 Å². The van der Waals surface area contributed by atoms with E-state index in [1.54, 1.807) is 0 Å². The number of hydrogen-bond acceptors (Lipinski definition) is 2. The second kappa shape index (κ2) is 9.78. The van der Waals surface area contributed by atoms with Gasteiger partial charge < -0.3 is 10.2 Å². The Labute approximate surface area is 234 Å². The lowest BCUT2D eigenvalue weighted by molar-refractivity contribution is -0.144. The van der Waals surface area contributed by atoms with Crippen LogP contribution in [-0.2, 0) is 22.3 Å². The smallest absolute Gasteiger partial charge is 0.330 e. The number of anilines is 1. The van der Waals surface area contributed by atoms with Crippen molar-refractivity contribution in [2.75, 3.05) is 5.32 Å². The number of carbonyl (C=O) groups excluding carboxylic acids is 2. The van der Waals surface area contributed by atoms with Crippen molar-refractivity contribution in [3.05, 3.63) is 77.4 Å². The zero-order valence-electron chi connectivity index (χ0n) is 23.1. The molecule has 3 saturated carbocycles. The fourth-order valence-electron chi connectivity index (χ4n) is 8.88. The van der Waals surface area contributed by atoms with E-state index in [-0.39, 0.29) is 17.3 Å². The van der Waals surface area contributed by atoms with Crippen LogP contribution in [0.4, 0.5) is 18.9 Å². The van der Waals surface area contributed by atoms with E-state index in [0.29, 0.717) is 29.7 Å². The van der Waals surface area contributed by atoms with Crippen LogP contribution in [0.3, 0.4) is 0 Å². The Hall–Kier alpha value is -3.09. The number of benzene rings is 2. The molecule has 0 aromatic heterocycles. The first-order chi connectivity index (χ1) is 19.0. The van der Waals surface area contributed by atoms with Gasteiger partial charge in [-0.2, -0.15) is 13.2 Å². The number of carbonyl (C=O) groups is 2. The third kappa shape index (κ3) is 4.46. The summed E-state index contributed by atoms with van der Waals surface area (Å²) in [6.45, 7) is 4.99. The molecule has 4 aliphatic rings. The van der Waals surface area contributed by atoms with Crippen molar-refractivity contribution in [2.24, 2.45) is 28.6 Å². The second-order valence-electron chi connectivity index (χ2n) is 12.9. The van der Waals surface area contributed by atoms with Crippen molar-refractivity contribution in [3.8, 4) is 0 Å². The van der Waals surface area contributed by atoms with Crippen LogP contribution in [0.25, 0.3) is 0 Å². The Morgan fingerprint density at radius 3 is 2.42 bits per heavy atom. The van der Waals surface area contributed by atoms with Crippen LogP contribution in [-0.4, -0.2) is 22.8 Å². The highest BCUT2D eigenvalue weighted by molar-refractivity contribution is 6.23. The second-order valence-corrected chi connectivity index (χ2v) is 12.9. The fourth-order valence-corrected chi connectivity index (χ4v) is 8.88. The van der Waals surface area contributed by atoms with Crippen LogP contribution in [0.2, 0.25) is 0 Å². The Kier molecular flexibility index (Phi) is 6.62. The van der Waals surface area contributed by atoms with E-state index in [2.05, 4.69) is 19.2 Å². The molecule has 1 aliphatic heterocycles. The number of nitrogens with zero attached hydrogens (tertiary/aromatic N) is 1. The van der Waals surface area contributed by atoms with Crippen molar-refractivity contribution < 1.29 is 22.8 Å². The molecule has 1 unspecified atom stereocenters. The molecule has 40 heavy (non-hydrogen) atoms. The van der Waals surface area contributed by atoms with Crippen LogP contribution in [0, 0.1) is 28.6 Å². The maximum Gasteiger partial charge on any atom is 0.418 e. The lowest BCUT2D eigenvalue weighted by Gasteiger charge is -2.60. The molecule has 0 radical (unpaired) electrons. The van der Waals surface area contributed by atoms with Crippen molar-refractivity contribution in [1.29, 1.82) is 0 Å². The number of alkyl halides is 3. The molecule has 2 aromatic rings. The molecule has 2 aromatic carbocycles. The Morgan fingerprint density at radius 2 is 1.68 bits per heavy atom. The van der Waals surface area contributed by atoms with E-state index in [1.807, 2.05) is 41.3 Å². The van der Waals surface area contributed by atoms with Crippen molar-refractivity contribution in [1.82, 2.24) is 4.90 Å². The number of amides is 2. The van der Waals surface area contributed by atoms with Crippen molar-refractivity contribution >= 4 is 17.5 Å². The molecule has 1 N–H and O–H groups in total. The standard InChI is InChI=1S/C33H37F3N2O2/c1-31-17-8-12-24(31)22-14-15-28-32(2,25(22)16-18-31)19-23(30(40)38(28)20-21-9-4-3-5-10-21)29(39)37-27-13-7-6-11-26(27)33(34,35)36/h3-7,9-11,13,19,22,24-25,28H,8,12,14-18,20H2,1-2H3,(H,37,39)/t22-,24-,25+,28?,31-,32+/m0/s1. The summed E-state index contributed by atoms with van der Waals surface area (Å²) in [6.07, 6.45) is 5.09. The van der Waals surface area contributed by atoms with Gasteiger partial charge in [0.15, 0.2) is 0 Å². The number of nitrogens with one attached hydrogen (secondary N) is 1. The van der Waals surface area contributed by atoms with E-state index in [9.17, 15) is 22.8 Å². The molecule has 6 atom stereocenters. The van der Waals surface area contributed by atoms with Crippen LogP contribution in [0.5, 0.6) is 0 Å². The van der Waals surface area contributed by atoms with E-state index in [1.165, 1.54) is 37.5 Å². The largest absolute Gasteiger partial charge is 0.418 e. The van der Waals surface area contributed by atoms with Crippen molar-refractivity contribution in [3.63, 3.8) is 0 Å². The van der Waals surface area contributed by atoms with Crippen LogP contribution in [0.15, 0.2) is 66.2 Å². The highest BCUT2D eigenvalue weighted by Crippen LogP contribution is 2.64.